The molecule has 1 heterocycles. The summed E-state index contributed by atoms with van der Waals surface area (Å²) in [5, 5.41) is 0. The molecule has 0 bridgehead atoms. The fourth-order valence-corrected chi connectivity index (χ4v) is 10.1. The predicted octanol–water partition coefficient (Wildman–Crippen LogP) is 13.8. The van der Waals surface area contributed by atoms with Crippen LogP contribution in [0.25, 0.3) is 89.8 Å². The highest BCUT2D eigenvalue weighted by Crippen LogP contribution is 2.64. The van der Waals surface area contributed by atoms with Gasteiger partial charge < -0.3 is 5.73 Å². The number of anilines is 1. The minimum absolute atomic E-state index is 0.461. The highest BCUT2D eigenvalue weighted by molar-refractivity contribution is 5.99. The predicted molar refractivity (Wildman–Crippen MR) is 253 cm³/mol. The SMILES string of the molecule is Nc1cccc2c1-c1cc(-c3cccc(-c4nc(-c5ccccc5-c5ccccc5)nc(-c5ccccc5-c5ccccc5)n4)c3)ccc1C21c2ccccc2-c2ccccc21. The largest absolute Gasteiger partial charge is 0.398 e. The molecule has 2 N–H and O–H groups in total. The Morgan fingerprint density at radius 1 is 0.274 bits per heavy atom. The van der Waals surface area contributed by atoms with Gasteiger partial charge in [0.05, 0.1) is 5.41 Å². The van der Waals surface area contributed by atoms with Crippen molar-refractivity contribution in [3.63, 3.8) is 0 Å². The lowest BCUT2D eigenvalue weighted by Gasteiger charge is -2.30. The Kier molecular flexibility index (Phi) is 8.19. The maximum Gasteiger partial charge on any atom is 0.164 e. The number of nitrogen functional groups attached to an aromatic ring is 1. The zero-order valence-corrected chi connectivity index (χ0v) is 33.7. The van der Waals surface area contributed by atoms with Gasteiger partial charge in [0.25, 0.3) is 0 Å². The van der Waals surface area contributed by atoms with Crippen LogP contribution in [0, 0.1) is 0 Å². The average molecular weight is 791 g/mol. The van der Waals surface area contributed by atoms with E-state index in [0.29, 0.717) is 17.5 Å². The Morgan fingerprint density at radius 3 is 1.29 bits per heavy atom. The number of fused-ring (bicyclic) bond motifs is 10. The van der Waals surface area contributed by atoms with Crippen molar-refractivity contribution in [1.82, 2.24) is 15.0 Å². The summed E-state index contributed by atoms with van der Waals surface area (Å²) in [6.45, 7) is 0. The molecule has 4 nitrogen and oxygen atoms in total. The summed E-state index contributed by atoms with van der Waals surface area (Å²) >= 11 is 0. The van der Waals surface area contributed by atoms with Crippen LogP contribution in [0.2, 0.25) is 0 Å². The third-order valence-electron chi connectivity index (χ3n) is 12.7. The first-order chi connectivity index (χ1) is 30.7. The number of nitrogens with two attached hydrogens (primary N) is 1. The Morgan fingerprint density at radius 2 is 0.694 bits per heavy atom. The number of hydrogen-bond acceptors (Lipinski definition) is 4. The summed E-state index contributed by atoms with van der Waals surface area (Å²) in [6.07, 6.45) is 0. The minimum atomic E-state index is -0.461. The molecule has 0 amide bonds. The lowest BCUT2D eigenvalue weighted by molar-refractivity contribution is 0.794. The van der Waals surface area contributed by atoms with Gasteiger partial charge in [-0.3, -0.25) is 0 Å². The van der Waals surface area contributed by atoms with Gasteiger partial charge in [0.2, 0.25) is 0 Å². The van der Waals surface area contributed by atoms with Gasteiger partial charge in [-0.05, 0) is 90.5 Å². The molecule has 12 rings (SSSR count). The molecule has 0 fully saturated rings. The quantitative estimate of drug-likeness (QED) is 0.170. The van der Waals surface area contributed by atoms with Crippen LogP contribution in [0.5, 0.6) is 0 Å². The summed E-state index contributed by atoms with van der Waals surface area (Å²) in [6, 6.07) is 77.2. The van der Waals surface area contributed by atoms with Crippen LogP contribution in [0.1, 0.15) is 22.3 Å². The van der Waals surface area contributed by atoms with E-state index in [1.807, 2.05) is 18.2 Å². The van der Waals surface area contributed by atoms with Crippen LogP contribution in [0.15, 0.2) is 218 Å². The van der Waals surface area contributed by atoms with Crippen molar-refractivity contribution in [2.75, 3.05) is 5.73 Å². The fraction of sp³-hybridized carbons (Fsp3) is 0.0172. The molecule has 9 aromatic carbocycles. The first-order valence-corrected chi connectivity index (χ1v) is 21.1. The standard InChI is InChI=1S/C58H38N4/c59-53-32-16-31-52-54(53)48-36-40(33-34-51(48)58(52)49-29-13-11-25-44(49)45-26-12-14-30-50(45)58)39-21-15-22-41(35-39)55-60-56(46-27-9-7-23-42(46)37-17-3-1-4-18-37)62-57(61-55)47-28-10-8-24-43(47)38-19-5-2-6-20-38/h1-36H,59H2. The van der Waals surface area contributed by atoms with Crippen molar-refractivity contribution < 1.29 is 0 Å². The van der Waals surface area contributed by atoms with Gasteiger partial charge in [0, 0.05) is 27.9 Å². The molecule has 0 unspecified atom stereocenters. The zero-order chi connectivity index (χ0) is 41.2. The van der Waals surface area contributed by atoms with E-state index >= 15 is 0 Å². The minimum Gasteiger partial charge on any atom is -0.398 e. The van der Waals surface area contributed by atoms with Gasteiger partial charge >= 0.3 is 0 Å². The highest BCUT2D eigenvalue weighted by atomic mass is 15.0. The third kappa shape index (κ3) is 5.43. The Labute approximate surface area is 360 Å². The number of rotatable bonds is 6. The second-order valence-corrected chi connectivity index (χ2v) is 16.1. The van der Waals surface area contributed by atoms with E-state index in [-0.39, 0.29) is 0 Å². The summed E-state index contributed by atoms with van der Waals surface area (Å²) in [7, 11) is 0. The molecular formula is C58H38N4. The zero-order valence-electron chi connectivity index (χ0n) is 33.7. The summed E-state index contributed by atoms with van der Waals surface area (Å²) in [4.78, 5) is 15.8. The fourth-order valence-electron chi connectivity index (χ4n) is 10.1. The van der Waals surface area contributed by atoms with Crippen LogP contribution in [0.3, 0.4) is 0 Å². The Balaban J connectivity index is 1.03. The molecule has 1 spiro atoms. The number of benzene rings is 9. The monoisotopic (exact) mass is 790 g/mol. The van der Waals surface area contributed by atoms with E-state index in [1.165, 1.54) is 33.4 Å². The van der Waals surface area contributed by atoms with E-state index in [2.05, 4.69) is 200 Å². The van der Waals surface area contributed by atoms with Crippen LogP contribution in [0.4, 0.5) is 5.69 Å². The van der Waals surface area contributed by atoms with Crippen molar-refractivity contribution >= 4 is 5.69 Å². The number of aromatic nitrogens is 3. The van der Waals surface area contributed by atoms with Gasteiger partial charge in [-0.2, -0.15) is 0 Å². The molecule has 62 heavy (non-hydrogen) atoms. The van der Waals surface area contributed by atoms with Crippen molar-refractivity contribution in [3.8, 4) is 89.8 Å². The molecule has 4 heteroatoms. The third-order valence-corrected chi connectivity index (χ3v) is 12.7. The summed E-state index contributed by atoms with van der Waals surface area (Å²) < 4.78 is 0. The molecule has 0 radical (unpaired) electrons. The van der Waals surface area contributed by atoms with Crippen LogP contribution in [-0.2, 0) is 5.41 Å². The molecule has 0 atom stereocenters. The van der Waals surface area contributed by atoms with E-state index in [4.69, 9.17) is 20.7 Å². The maximum atomic E-state index is 6.96. The van der Waals surface area contributed by atoms with Crippen molar-refractivity contribution in [2.24, 2.45) is 0 Å². The van der Waals surface area contributed by atoms with Crippen LogP contribution >= 0.6 is 0 Å². The molecule has 10 aromatic rings. The van der Waals surface area contributed by atoms with Crippen molar-refractivity contribution in [2.45, 2.75) is 5.41 Å². The molecule has 290 valence electrons. The molecule has 0 saturated carbocycles. The number of hydrogen-bond donors (Lipinski definition) is 1. The molecule has 0 aliphatic heterocycles. The number of nitrogens with zero attached hydrogens (tertiary/aromatic N) is 3. The van der Waals surface area contributed by atoms with Crippen LogP contribution < -0.4 is 5.73 Å². The smallest absolute Gasteiger partial charge is 0.164 e. The second kappa shape index (κ2) is 14.2. The molecule has 2 aliphatic carbocycles. The first-order valence-electron chi connectivity index (χ1n) is 21.1. The topological polar surface area (TPSA) is 64.7 Å². The molecule has 1 aromatic heterocycles. The molecule has 0 saturated heterocycles. The van der Waals surface area contributed by atoms with Gasteiger partial charge in [0.1, 0.15) is 0 Å². The Hall–Kier alpha value is -8.21. The van der Waals surface area contributed by atoms with Crippen molar-refractivity contribution in [1.29, 1.82) is 0 Å². The van der Waals surface area contributed by atoms with E-state index in [9.17, 15) is 0 Å². The first kappa shape index (κ1) is 35.7. The summed E-state index contributed by atoms with van der Waals surface area (Å²) in [5.41, 5.74) is 26.4. The van der Waals surface area contributed by atoms with E-state index in [1.54, 1.807) is 0 Å². The van der Waals surface area contributed by atoms with E-state index < -0.39 is 5.41 Å². The van der Waals surface area contributed by atoms with Crippen molar-refractivity contribution in [3.05, 3.63) is 241 Å². The van der Waals surface area contributed by atoms with Gasteiger partial charge in [-0.1, -0.05) is 200 Å². The van der Waals surface area contributed by atoms with Crippen LogP contribution in [-0.4, -0.2) is 15.0 Å². The second-order valence-electron chi connectivity index (χ2n) is 16.1. The Bertz CT molecular complexity index is 3230. The van der Waals surface area contributed by atoms with Gasteiger partial charge in [-0.15, -0.1) is 0 Å². The van der Waals surface area contributed by atoms with E-state index in [0.717, 1.165) is 66.9 Å². The average Bonchev–Trinajstić information content (AvgIpc) is 3.82. The maximum absolute atomic E-state index is 6.96. The summed E-state index contributed by atoms with van der Waals surface area (Å²) in [5.74, 6) is 1.83. The highest BCUT2D eigenvalue weighted by Gasteiger charge is 2.52. The van der Waals surface area contributed by atoms with Gasteiger partial charge in [-0.25, -0.2) is 15.0 Å². The lowest BCUT2D eigenvalue weighted by Crippen LogP contribution is -2.25. The lowest BCUT2D eigenvalue weighted by atomic mass is 9.70. The van der Waals surface area contributed by atoms with Gasteiger partial charge in [0.15, 0.2) is 17.5 Å². The molecule has 2 aliphatic rings. The molecular weight excluding hydrogens is 753 g/mol. The normalized spacial score (nSPS) is 12.7.